The van der Waals surface area contributed by atoms with Gasteiger partial charge in [-0.25, -0.2) is 0 Å². The first-order chi connectivity index (χ1) is 10.3. The van der Waals surface area contributed by atoms with E-state index in [9.17, 15) is 0 Å². The van der Waals surface area contributed by atoms with Crippen LogP contribution in [0.25, 0.3) is 0 Å². The zero-order valence-electron chi connectivity index (χ0n) is 14.1. The molecule has 0 amide bonds. The molecular formula is C19H38O2. The first-order valence-corrected chi connectivity index (χ1v) is 9.24. The fourth-order valence-corrected chi connectivity index (χ4v) is 2.74. The van der Waals surface area contributed by atoms with Crippen molar-refractivity contribution in [3.63, 3.8) is 0 Å². The van der Waals surface area contributed by atoms with E-state index in [0.29, 0.717) is 6.42 Å². The fourth-order valence-electron chi connectivity index (χ4n) is 2.74. The third kappa shape index (κ3) is 19.7. The Morgan fingerprint density at radius 1 is 0.571 bits per heavy atom. The lowest BCUT2D eigenvalue weighted by Gasteiger charge is -2.04. The van der Waals surface area contributed by atoms with Crippen LogP contribution in [-0.2, 0) is 0 Å². The highest BCUT2D eigenvalue weighted by atomic mass is 16.5. The molecule has 0 fully saturated rings. The first-order valence-electron chi connectivity index (χ1n) is 9.24. The van der Waals surface area contributed by atoms with Crippen molar-refractivity contribution in [2.24, 2.45) is 0 Å². The van der Waals surface area contributed by atoms with E-state index < -0.39 is 6.29 Å². The molecule has 0 aromatic carbocycles. The molecule has 2 heteroatoms. The van der Waals surface area contributed by atoms with Crippen LogP contribution in [0.15, 0.2) is 12.7 Å². The Hall–Kier alpha value is -0.340. The average molecular weight is 299 g/mol. The highest BCUT2D eigenvalue weighted by molar-refractivity contribution is 4.65. The molecular weight excluding hydrogens is 260 g/mol. The molecule has 0 rings (SSSR count). The lowest BCUT2D eigenvalue weighted by molar-refractivity contribution is -0.0466. The topological polar surface area (TPSA) is 40.5 Å². The second-order valence-corrected chi connectivity index (χ2v) is 6.30. The smallest absolute Gasteiger partial charge is 0.151 e. The SMILES string of the molecule is C=CCCCCCCCCCCCCCCCCC(O)O. The van der Waals surface area contributed by atoms with Crippen molar-refractivity contribution in [2.75, 3.05) is 0 Å². The summed E-state index contributed by atoms with van der Waals surface area (Å²) in [5.41, 5.74) is 0. The van der Waals surface area contributed by atoms with E-state index in [1.54, 1.807) is 0 Å². The highest BCUT2D eigenvalue weighted by Crippen LogP contribution is 2.13. The molecule has 0 radical (unpaired) electrons. The minimum atomic E-state index is -1.10. The molecule has 0 bridgehead atoms. The van der Waals surface area contributed by atoms with Crippen LogP contribution < -0.4 is 0 Å². The van der Waals surface area contributed by atoms with Crippen molar-refractivity contribution < 1.29 is 10.2 Å². The first kappa shape index (κ1) is 20.7. The maximum absolute atomic E-state index is 8.72. The Morgan fingerprint density at radius 2 is 0.905 bits per heavy atom. The van der Waals surface area contributed by atoms with Gasteiger partial charge in [0.1, 0.15) is 0 Å². The minimum absolute atomic E-state index is 0.535. The molecule has 0 atom stereocenters. The molecule has 0 unspecified atom stereocenters. The Bertz CT molecular complexity index is 202. The summed E-state index contributed by atoms with van der Waals surface area (Å²) >= 11 is 0. The summed E-state index contributed by atoms with van der Waals surface area (Å²) in [6.45, 7) is 3.75. The van der Waals surface area contributed by atoms with E-state index in [1.807, 2.05) is 6.08 Å². The van der Waals surface area contributed by atoms with Gasteiger partial charge in [-0.1, -0.05) is 83.1 Å². The lowest BCUT2D eigenvalue weighted by Crippen LogP contribution is -2.02. The number of aliphatic hydroxyl groups excluding tert-OH is 1. The van der Waals surface area contributed by atoms with Gasteiger partial charge in [0.15, 0.2) is 6.29 Å². The Morgan fingerprint density at radius 3 is 1.24 bits per heavy atom. The molecule has 0 heterocycles. The molecule has 0 aliphatic carbocycles. The largest absolute Gasteiger partial charge is 0.368 e. The predicted molar refractivity (Wildman–Crippen MR) is 92.3 cm³/mol. The molecule has 0 aliphatic heterocycles. The van der Waals surface area contributed by atoms with E-state index >= 15 is 0 Å². The maximum atomic E-state index is 8.72. The Kier molecular flexibility index (Phi) is 17.4. The van der Waals surface area contributed by atoms with Crippen LogP contribution >= 0.6 is 0 Å². The second-order valence-electron chi connectivity index (χ2n) is 6.30. The molecule has 2 nitrogen and oxygen atoms in total. The summed E-state index contributed by atoms with van der Waals surface area (Å²) < 4.78 is 0. The van der Waals surface area contributed by atoms with Gasteiger partial charge in [-0.05, 0) is 25.7 Å². The monoisotopic (exact) mass is 298 g/mol. The number of rotatable bonds is 17. The van der Waals surface area contributed by atoms with Crippen LogP contribution in [0.4, 0.5) is 0 Å². The summed E-state index contributed by atoms with van der Waals surface area (Å²) in [6.07, 6.45) is 21.1. The molecule has 0 saturated heterocycles. The second kappa shape index (κ2) is 17.7. The third-order valence-corrected chi connectivity index (χ3v) is 4.12. The van der Waals surface area contributed by atoms with E-state index in [0.717, 1.165) is 12.8 Å². The van der Waals surface area contributed by atoms with E-state index in [4.69, 9.17) is 10.2 Å². The highest BCUT2D eigenvalue weighted by Gasteiger charge is 1.97. The Labute approximate surface area is 132 Å². The van der Waals surface area contributed by atoms with Crippen molar-refractivity contribution in [2.45, 2.75) is 109 Å². The summed E-state index contributed by atoms with van der Waals surface area (Å²) in [5.74, 6) is 0. The molecule has 0 spiro atoms. The van der Waals surface area contributed by atoms with Crippen molar-refractivity contribution >= 4 is 0 Å². The van der Waals surface area contributed by atoms with E-state index in [-0.39, 0.29) is 0 Å². The normalized spacial score (nSPS) is 11.2. The third-order valence-electron chi connectivity index (χ3n) is 4.12. The molecule has 21 heavy (non-hydrogen) atoms. The molecule has 0 saturated carbocycles. The van der Waals surface area contributed by atoms with Gasteiger partial charge in [0, 0.05) is 0 Å². The van der Waals surface area contributed by atoms with Gasteiger partial charge in [0.2, 0.25) is 0 Å². The van der Waals surface area contributed by atoms with Crippen molar-refractivity contribution in [3.05, 3.63) is 12.7 Å². The standard InChI is InChI=1S/C19H38O2/c1-2-3-4-5-6-7-8-9-10-11-12-13-14-15-16-17-18-19(20)21/h2,19-21H,1,3-18H2. The zero-order chi connectivity index (χ0) is 15.6. The quantitative estimate of drug-likeness (QED) is 0.205. The zero-order valence-corrected chi connectivity index (χ0v) is 14.1. The van der Waals surface area contributed by atoms with E-state index in [2.05, 4.69) is 6.58 Å². The summed E-state index contributed by atoms with van der Waals surface area (Å²) in [6, 6.07) is 0. The van der Waals surface area contributed by atoms with Gasteiger partial charge < -0.3 is 10.2 Å². The number of hydrogen-bond acceptors (Lipinski definition) is 2. The lowest BCUT2D eigenvalue weighted by atomic mass is 10.0. The Balaban J connectivity index is 2.95. The summed E-state index contributed by atoms with van der Waals surface area (Å²) in [4.78, 5) is 0. The molecule has 0 aromatic heterocycles. The summed E-state index contributed by atoms with van der Waals surface area (Å²) in [7, 11) is 0. The van der Waals surface area contributed by atoms with Gasteiger partial charge in [-0.15, -0.1) is 6.58 Å². The molecule has 2 N–H and O–H groups in total. The van der Waals surface area contributed by atoms with Crippen LogP contribution in [0, 0.1) is 0 Å². The van der Waals surface area contributed by atoms with Crippen LogP contribution in [0.1, 0.15) is 103 Å². The van der Waals surface area contributed by atoms with Crippen LogP contribution in [0.5, 0.6) is 0 Å². The van der Waals surface area contributed by atoms with E-state index in [1.165, 1.54) is 83.5 Å². The maximum Gasteiger partial charge on any atom is 0.151 e. The van der Waals surface area contributed by atoms with Gasteiger partial charge in [-0.3, -0.25) is 0 Å². The average Bonchev–Trinajstić information content (AvgIpc) is 2.46. The predicted octanol–water partition coefficient (Wildman–Crippen LogP) is 5.72. The van der Waals surface area contributed by atoms with Crippen molar-refractivity contribution in [1.29, 1.82) is 0 Å². The van der Waals surface area contributed by atoms with Crippen LogP contribution in [0.3, 0.4) is 0 Å². The van der Waals surface area contributed by atoms with Gasteiger partial charge in [0.05, 0.1) is 0 Å². The van der Waals surface area contributed by atoms with Crippen molar-refractivity contribution in [3.8, 4) is 0 Å². The number of hydrogen-bond donors (Lipinski definition) is 2. The number of allylic oxidation sites excluding steroid dienone is 1. The number of unbranched alkanes of at least 4 members (excludes halogenated alkanes) is 14. The van der Waals surface area contributed by atoms with Gasteiger partial charge in [0.25, 0.3) is 0 Å². The van der Waals surface area contributed by atoms with Gasteiger partial charge >= 0.3 is 0 Å². The molecule has 126 valence electrons. The van der Waals surface area contributed by atoms with Crippen molar-refractivity contribution in [1.82, 2.24) is 0 Å². The minimum Gasteiger partial charge on any atom is -0.368 e. The molecule has 0 aromatic rings. The van der Waals surface area contributed by atoms with Crippen LogP contribution in [0.2, 0.25) is 0 Å². The van der Waals surface area contributed by atoms with Gasteiger partial charge in [-0.2, -0.15) is 0 Å². The number of aliphatic hydroxyl groups is 2. The van der Waals surface area contributed by atoms with Crippen LogP contribution in [-0.4, -0.2) is 16.5 Å². The summed E-state index contributed by atoms with van der Waals surface area (Å²) in [5, 5.41) is 17.4. The fraction of sp³-hybridized carbons (Fsp3) is 0.895. The molecule has 0 aliphatic rings.